The van der Waals surface area contributed by atoms with Crippen LogP contribution in [0.15, 0.2) is 48.5 Å². The number of hydrogen-bond donors (Lipinski definition) is 1. The highest BCUT2D eigenvalue weighted by Crippen LogP contribution is 2.21. The van der Waals surface area contributed by atoms with Crippen LogP contribution in [0.1, 0.15) is 11.7 Å². The van der Waals surface area contributed by atoms with Gasteiger partial charge < -0.3 is 14.7 Å². The predicted octanol–water partition coefficient (Wildman–Crippen LogP) is 2.69. The second-order valence-electron chi connectivity index (χ2n) is 6.05. The van der Waals surface area contributed by atoms with Crippen molar-refractivity contribution in [3.8, 4) is 5.75 Å². The molecule has 1 saturated heterocycles. The Morgan fingerprint density at radius 2 is 1.62 bits per heavy atom. The summed E-state index contributed by atoms with van der Waals surface area (Å²) in [6.07, 6.45) is -0.506. The van der Waals surface area contributed by atoms with E-state index >= 15 is 0 Å². The Hall–Kier alpha value is -2.11. The highest BCUT2D eigenvalue weighted by atomic mass is 19.1. The maximum Gasteiger partial charge on any atom is 0.123 e. The van der Waals surface area contributed by atoms with Crippen LogP contribution in [0.2, 0.25) is 0 Å². The van der Waals surface area contributed by atoms with Gasteiger partial charge in [0, 0.05) is 38.4 Å². The number of β-amino-alcohol motifs (C(OH)–C–C–N with tert-alkyl or cyclic N) is 1. The topological polar surface area (TPSA) is 35.9 Å². The van der Waals surface area contributed by atoms with Gasteiger partial charge in [-0.3, -0.25) is 4.90 Å². The molecule has 0 bridgehead atoms. The minimum Gasteiger partial charge on any atom is -0.497 e. The summed E-state index contributed by atoms with van der Waals surface area (Å²) in [6, 6.07) is 14.2. The number of ether oxygens (including phenoxy) is 1. The van der Waals surface area contributed by atoms with Crippen molar-refractivity contribution in [2.45, 2.75) is 6.10 Å². The first-order chi connectivity index (χ1) is 11.7. The van der Waals surface area contributed by atoms with Crippen LogP contribution in [-0.4, -0.2) is 49.8 Å². The summed E-state index contributed by atoms with van der Waals surface area (Å²) in [5.74, 6) is 0.582. The van der Waals surface area contributed by atoms with Crippen LogP contribution >= 0.6 is 0 Å². The van der Waals surface area contributed by atoms with E-state index < -0.39 is 6.10 Å². The zero-order chi connectivity index (χ0) is 16.9. The molecule has 128 valence electrons. The van der Waals surface area contributed by atoms with Gasteiger partial charge in [-0.2, -0.15) is 0 Å². The van der Waals surface area contributed by atoms with E-state index in [1.165, 1.54) is 12.1 Å². The van der Waals surface area contributed by atoms with Crippen molar-refractivity contribution in [2.75, 3.05) is 44.7 Å². The molecule has 0 radical (unpaired) electrons. The van der Waals surface area contributed by atoms with Crippen LogP contribution in [0.3, 0.4) is 0 Å². The average Bonchev–Trinajstić information content (AvgIpc) is 2.63. The fourth-order valence-electron chi connectivity index (χ4n) is 3.02. The molecule has 5 heteroatoms. The molecule has 1 N–H and O–H groups in total. The van der Waals surface area contributed by atoms with Gasteiger partial charge in [-0.05, 0) is 42.0 Å². The average molecular weight is 330 g/mol. The van der Waals surface area contributed by atoms with Gasteiger partial charge in [0.2, 0.25) is 0 Å². The van der Waals surface area contributed by atoms with Crippen molar-refractivity contribution < 1.29 is 14.2 Å². The van der Waals surface area contributed by atoms with Crippen molar-refractivity contribution in [1.82, 2.24) is 4.90 Å². The third-order valence-electron chi connectivity index (χ3n) is 4.50. The Kier molecular flexibility index (Phi) is 5.33. The summed E-state index contributed by atoms with van der Waals surface area (Å²) < 4.78 is 18.1. The molecular weight excluding hydrogens is 307 g/mol. The van der Waals surface area contributed by atoms with E-state index in [4.69, 9.17) is 4.74 Å². The Balaban J connectivity index is 1.51. The van der Waals surface area contributed by atoms with E-state index in [-0.39, 0.29) is 5.82 Å². The number of methoxy groups -OCH3 is 1. The highest BCUT2D eigenvalue weighted by Gasteiger charge is 2.20. The molecule has 0 aliphatic carbocycles. The van der Waals surface area contributed by atoms with Crippen molar-refractivity contribution in [1.29, 1.82) is 0 Å². The molecule has 3 rings (SSSR count). The van der Waals surface area contributed by atoms with Gasteiger partial charge >= 0.3 is 0 Å². The van der Waals surface area contributed by atoms with E-state index in [1.807, 2.05) is 36.4 Å². The van der Waals surface area contributed by atoms with Crippen LogP contribution in [0.5, 0.6) is 5.75 Å². The predicted molar refractivity (Wildman–Crippen MR) is 93.0 cm³/mol. The number of nitrogens with zero attached hydrogens (tertiary/aromatic N) is 2. The van der Waals surface area contributed by atoms with Gasteiger partial charge in [-0.15, -0.1) is 0 Å². The summed E-state index contributed by atoms with van der Waals surface area (Å²) in [6.45, 7) is 4.13. The lowest BCUT2D eigenvalue weighted by atomic mass is 10.1. The van der Waals surface area contributed by atoms with E-state index in [9.17, 15) is 9.50 Å². The number of halogens is 1. The first kappa shape index (κ1) is 16.7. The summed E-state index contributed by atoms with van der Waals surface area (Å²) >= 11 is 0. The smallest absolute Gasteiger partial charge is 0.123 e. The number of piperazine rings is 1. The molecule has 1 atom stereocenters. The summed E-state index contributed by atoms with van der Waals surface area (Å²) in [5, 5.41) is 10.4. The van der Waals surface area contributed by atoms with E-state index in [1.54, 1.807) is 7.11 Å². The van der Waals surface area contributed by atoms with Crippen molar-refractivity contribution in [3.05, 3.63) is 59.9 Å². The van der Waals surface area contributed by atoms with Gasteiger partial charge in [0.25, 0.3) is 0 Å². The second-order valence-corrected chi connectivity index (χ2v) is 6.05. The molecule has 1 fully saturated rings. The first-order valence-electron chi connectivity index (χ1n) is 8.20. The zero-order valence-electron chi connectivity index (χ0n) is 13.9. The quantitative estimate of drug-likeness (QED) is 0.914. The fraction of sp³-hybridized carbons (Fsp3) is 0.368. The largest absolute Gasteiger partial charge is 0.497 e. The molecular formula is C19H23FN2O2. The Bertz CT molecular complexity index is 637. The molecule has 0 spiro atoms. The maximum absolute atomic E-state index is 13.0. The number of rotatable bonds is 5. The van der Waals surface area contributed by atoms with Crippen LogP contribution in [0.25, 0.3) is 0 Å². The third kappa shape index (κ3) is 4.04. The minimum atomic E-state index is -0.506. The van der Waals surface area contributed by atoms with Crippen LogP contribution in [0.4, 0.5) is 10.1 Å². The lowest BCUT2D eigenvalue weighted by Gasteiger charge is -2.37. The SMILES string of the molecule is COc1ccc([C@H](O)CN2CCN(c3ccc(F)cc3)CC2)cc1. The van der Waals surface area contributed by atoms with Gasteiger partial charge in [0.05, 0.1) is 13.2 Å². The summed E-state index contributed by atoms with van der Waals surface area (Å²) in [7, 11) is 1.63. The monoisotopic (exact) mass is 330 g/mol. The van der Waals surface area contributed by atoms with Crippen LogP contribution in [-0.2, 0) is 0 Å². The lowest BCUT2D eigenvalue weighted by Crippen LogP contribution is -2.47. The normalized spacial score (nSPS) is 16.9. The van der Waals surface area contributed by atoms with Crippen LogP contribution in [0, 0.1) is 5.82 Å². The standard InChI is InChI=1S/C19H23FN2O2/c1-24-18-8-2-15(3-9-18)19(23)14-21-10-12-22(13-11-21)17-6-4-16(20)5-7-17/h2-9,19,23H,10-14H2,1H3/t19-/m1/s1. The van der Waals surface area contributed by atoms with Crippen molar-refractivity contribution in [2.24, 2.45) is 0 Å². The Morgan fingerprint density at radius 1 is 1.00 bits per heavy atom. The molecule has 0 amide bonds. The number of benzene rings is 2. The third-order valence-corrected chi connectivity index (χ3v) is 4.50. The molecule has 1 heterocycles. The maximum atomic E-state index is 13.0. The highest BCUT2D eigenvalue weighted by molar-refractivity contribution is 5.46. The second kappa shape index (κ2) is 7.64. The Labute approximate surface area is 142 Å². The lowest BCUT2D eigenvalue weighted by molar-refractivity contribution is 0.109. The van der Waals surface area contributed by atoms with E-state index in [0.29, 0.717) is 6.54 Å². The van der Waals surface area contributed by atoms with Gasteiger partial charge in [-0.1, -0.05) is 12.1 Å². The van der Waals surface area contributed by atoms with Gasteiger partial charge in [0.15, 0.2) is 0 Å². The van der Waals surface area contributed by atoms with Crippen LogP contribution < -0.4 is 9.64 Å². The van der Waals surface area contributed by atoms with E-state index in [2.05, 4.69) is 9.80 Å². The van der Waals surface area contributed by atoms with E-state index in [0.717, 1.165) is 43.2 Å². The molecule has 1 aliphatic rings. The first-order valence-corrected chi connectivity index (χ1v) is 8.20. The number of anilines is 1. The number of aliphatic hydroxyl groups excluding tert-OH is 1. The minimum absolute atomic E-state index is 0.208. The summed E-state index contributed by atoms with van der Waals surface area (Å²) in [4.78, 5) is 4.50. The Morgan fingerprint density at radius 3 is 2.21 bits per heavy atom. The molecule has 4 nitrogen and oxygen atoms in total. The molecule has 2 aromatic rings. The zero-order valence-corrected chi connectivity index (χ0v) is 13.9. The number of aliphatic hydroxyl groups is 1. The summed E-state index contributed by atoms with van der Waals surface area (Å²) in [5.41, 5.74) is 1.95. The fourth-order valence-corrected chi connectivity index (χ4v) is 3.02. The van der Waals surface area contributed by atoms with Crippen molar-refractivity contribution >= 4 is 5.69 Å². The van der Waals surface area contributed by atoms with Gasteiger partial charge in [-0.25, -0.2) is 4.39 Å². The van der Waals surface area contributed by atoms with Gasteiger partial charge in [0.1, 0.15) is 11.6 Å². The van der Waals surface area contributed by atoms with Crippen molar-refractivity contribution in [3.63, 3.8) is 0 Å². The molecule has 0 saturated carbocycles. The molecule has 0 aromatic heterocycles. The molecule has 0 unspecified atom stereocenters. The number of hydrogen-bond acceptors (Lipinski definition) is 4. The molecule has 24 heavy (non-hydrogen) atoms. The molecule has 1 aliphatic heterocycles. The molecule has 2 aromatic carbocycles.